The van der Waals surface area contributed by atoms with Gasteiger partial charge in [0, 0.05) is 5.69 Å². The summed E-state index contributed by atoms with van der Waals surface area (Å²) >= 11 is 0. The van der Waals surface area contributed by atoms with E-state index in [1.807, 2.05) is 32.0 Å². The molecule has 0 aliphatic heterocycles. The first-order chi connectivity index (χ1) is 12.9. The number of ether oxygens (including phenoxy) is 2. The Hall–Kier alpha value is -2.82. The Bertz CT molecular complexity index is 799. The summed E-state index contributed by atoms with van der Waals surface area (Å²) in [5.41, 5.74) is 3.34. The fourth-order valence-corrected chi connectivity index (χ4v) is 2.73. The molecule has 5 heteroatoms. The van der Waals surface area contributed by atoms with Gasteiger partial charge in [-0.3, -0.25) is 4.79 Å². The molecule has 1 amide bonds. The maximum absolute atomic E-state index is 12.1. The second-order valence-corrected chi connectivity index (χ2v) is 6.73. The molecule has 0 radical (unpaired) electrons. The molecule has 0 bridgehead atoms. The molecule has 0 aliphatic rings. The lowest BCUT2D eigenvalue weighted by Crippen LogP contribution is -2.20. The number of carbonyl (C=O) groups excluding carboxylic acids is 2. The van der Waals surface area contributed by atoms with Gasteiger partial charge in [0.05, 0.1) is 12.2 Å². The quantitative estimate of drug-likeness (QED) is 0.685. The summed E-state index contributed by atoms with van der Waals surface area (Å²) < 4.78 is 10.7. The largest absolute Gasteiger partial charge is 0.484 e. The molecule has 0 saturated heterocycles. The zero-order chi connectivity index (χ0) is 19.8. The number of hydrogen-bond acceptors (Lipinski definition) is 4. The molecular weight excluding hydrogens is 342 g/mol. The fraction of sp³-hybridized carbons (Fsp3) is 0.364. The average molecular weight is 369 g/mol. The number of anilines is 1. The predicted octanol–water partition coefficient (Wildman–Crippen LogP) is 4.70. The number of esters is 1. The van der Waals surface area contributed by atoms with Crippen molar-refractivity contribution < 1.29 is 19.1 Å². The van der Waals surface area contributed by atoms with Crippen LogP contribution in [0.4, 0.5) is 5.69 Å². The van der Waals surface area contributed by atoms with Crippen molar-refractivity contribution in [3.8, 4) is 5.75 Å². The minimum atomic E-state index is -0.398. The highest BCUT2D eigenvalue weighted by Crippen LogP contribution is 2.23. The van der Waals surface area contributed by atoms with E-state index in [0.29, 0.717) is 29.5 Å². The molecule has 144 valence electrons. The van der Waals surface area contributed by atoms with Crippen LogP contribution in [0.3, 0.4) is 0 Å². The van der Waals surface area contributed by atoms with Crippen LogP contribution < -0.4 is 10.1 Å². The molecule has 0 spiro atoms. The second-order valence-electron chi connectivity index (χ2n) is 6.73. The molecule has 0 atom stereocenters. The van der Waals surface area contributed by atoms with Gasteiger partial charge in [0.1, 0.15) is 5.75 Å². The van der Waals surface area contributed by atoms with Gasteiger partial charge in [0.25, 0.3) is 5.91 Å². The first-order valence-corrected chi connectivity index (χ1v) is 9.21. The van der Waals surface area contributed by atoms with Crippen molar-refractivity contribution in [2.45, 2.75) is 40.0 Å². The maximum Gasteiger partial charge on any atom is 0.338 e. The van der Waals surface area contributed by atoms with Crippen molar-refractivity contribution in [1.82, 2.24) is 0 Å². The second kappa shape index (κ2) is 9.76. The Morgan fingerprint density at radius 3 is 2.56 bits per heavy atom. The van der Waals surface area contributed by atoms with Gasteiger partial charge in [-0.05, 0) is 60.7 Å². The minimum Gasteiger partial charge on any atom is -0.484 e. The highest BCUT2D eigenvalue weighted by molar-refractivity contribution is 5.95. The van der Waals surface area contributed by atoms with E-state index in [9.17, 15) is 9.59 Å². The molecule has 2 rings (SSSR count). The average Bonchev–Trinajstić information content (AvgIpc) is 2.64. The molecule has 0 fully saturated rings. The first kappa shape index (κ1) is 20.5. The summed E-state index contributed by atoms with van der Waals surface area (Å²) in [5.74, 6) is 0.409. The van der Waals surface area contributed by atoms with Crippen LogP contribution >= 0.6 is 0 Å². The number of amides is 1. The fourth-order valence-electron chi connectivity index (χ4n) is 2.73. The summed E-state index contributed by atoms with van der Waals surface area (Å²) in [4.78, 5) is 24.0. The predicted molar refractivity (Wildman–Crippen MR) is 106 cm³/mol. The van der Waals surface area contributed by atoms with Crippen molar-refractivity contribution in [1.29, 1.82) is 0 Å². The lowest BCUT2D eigenvalue weighted by Gasteiger charge is -2.12. The van der Waals surface area contributed by atoms with Crippen LogP contribution in [0.5, 0.6) is 5.75 Å². The van der Waals surface area contributed by atoms with Gasteiger partial charge in [0.2, 0.25) is 0 Å². The molecule has 0 aromatic heterocycles. The Morgan fingerprint density at radius 1 is 1.11 bits per heavy atom. The summed E-state index contributed by atoms with van der Waals surface area (Å²) in [6.07, 6.45) is 0.761. The van der Waals surface area contributed by atoms with Gasteiger partial charge in [-0.25, -0.2) is 4.79 Å². The van der Waals surface area contributed by atoms with Crippen LogP contribution in [0.1, 0.15) is 54.6 Å². The summed E-state index contributed by atoms with van der Waals surface area (Å²) in [5, 5.41) is 2.74. The van der Waals surface area contributed by atoms with Crippen LogP contribution in [0.2, 0.25) is 0 Å². The van der Waals surface area contributed by atoms with Crippen LogP contribution in [0, 0.1) is 6.92 Å². The van der Waals surface area contributed by atoms with Gasteiger partial charge in [-0.2, -0.15) is 0 Å². The summed E-state index contributed by atoms with van der Waals surface area (Å²) in [6.45, 7) is 8.52. The van der Waals surface area contributed by atoms with Gasteiger partial charge in [-0.15, -0.1) is 0 Å². The van der Waals surface area contributed by atoms with Crippen molar-refractivity contribution >= 4 is 17.6 Å². The molecule has 2 aromatic rings. The van der Waals surface area contributed by atoms with E-state index in [2.05, 4.69) is 19.2 Å². The van der Waals surface area contributed by atoms with Crippen LogP contribution in [-0.2, 0) is 9.53 Å². The monoisotopic (exact) mass is 369 g/mol. The lowest BCUT2D eigenvalue weighted by atomic mass is 9.98. The zero-order valence-electron chi connectivity index (χ0n) is 16.4. The molecule has 0 aliphatic carbocycles. The third-order valence-electron chi connectivity index (χ3n) is 4.05. The van der Waals surface area contributed by atoms with Gasteiger partial charge >= 0.3 is 5.97 Å². The number of nitrogens with one attached hydrogen (secondary N) is 1. The highest BCUT2D eigenvalue weighted by atomic mass is 16.5. The van der Waals surface area contributed by atoms with E-state index in [0.717, 1.165) is 12.0 Å². The van der Waals surface area contributed by atoms with E-state index in [-0.39, 0.29) is 12.5 Å². The van der Waals surface area contributed by atoms with E-state index in [1.54, 1.807) is 24.3 Å². The molecule has 0 saturated carbocycles. The Morgan fingerprint density at radius 2 is 1.89 bits per heavy atom. The molecule has 27 heavy (non-hydrogen) atoms. The Kier molecular flexibility index (Phi) is 7.41. The van der Waals surface area contributed by atoms with Crippen molar-refractivity contribution in [2.75, 3.05) is 18.5 Å². The third-order valence-corrected chi connectivity index (χ3v) is 4.05. The molecule has 0 unspecified atom stereocenters. The topological polar surface area (TPSA) is 64.6 Å². The summed E-state index contributed by atoms with van der Waals surface area (Å²) in [6, 6.07) is 12.5. The highest BCUT2D eigenvalue weighted by Gasteiger charge is 2.10. The van der Waals surface area contributed by atoms with E-state index >= 15 is 0 Å². The molecule has 5 nitrogen and oxygen atoms in total. The number of aryl methyl sites for hydroxylation is 1. The number of rotatable bonds is 8. The van der Waals surface area contributed by atoms with Crippen LogP contribution in [0.15, 0.2) is 42.5 Å². The number of carbonyl (C=O) groups is 2. The van der Waals surface area contributed by atoms with Crippen molar-refractivity contribution in [2.24, 2.45) is 0 Å². The Labute approximate surface area is 160 Å². The minimum absolute atomic E-state index is 0.106. The molecular formula is C22H27NO4. The van der Waals surface area contributed by atoms with Crippen LogP contribution in [0.25, 0.3) is 0 Å². The normalized spacial score (nSPS) is 10.6. The first-order valence-electron chi connectivity index (χ1n) is 9.21. The maximum atomic E-state index is 12.1. The number of benzene rings is 2. The number of hydrogen-bond donors (Lipinski definition) is 1. The van der Waals surface area contributed by atoms with E-state index in [4.69, 9.17) is 9.47 Å². The standard InChI is InChI=1S/C22H27NO4/c1-5-11-26-22(25)17-7-6-8-18(13-17)23-21(24)14-27-19-9-10-20(15(2)3)16(4)12-19/h6-10,12-13,15H,5,11,14H2,1-4H3,(H,23,24). The molecule has 0 heterocycles. The van der Waals surface area contributed by atoms with Crippen LogP contribution in [-0.4, -0.2) is 25.1 Å². The third kappa shape index (κ3) is 6.13. The van der Waals surface area contributed by atoms with E-state index in [1.165, 1.54) is 5.56 Å². The zero-order valence-corrected chi connectivity index (χ0v) is 16.4. The Balaban J connectivity index is 1.92. The van der Waals surface area contributed by atoms with E-state index < -0.39 is 5.97 Å². The van der Waals surface area contributed by atoms with Crippen molar-refractivity contribution in [3.63, 3.8) is 0 Å². The smallest absolute Gasteiger partial charge is 0.338 e. The molecule has 1 N–H and O–H groups in total. The van der Waals surface area contributed by atoms with Gasteiger partial charge < -0.3 is 14.8 Å². The lowest BCUT2D eigenvalue weighted by molar-refractivity contribution is -0.118. The SMILES string of the molecule is CCCOC(=O)c1cccc(NC(=O)COc2ccc(C(C)C)c(C)c2)c1. The van der Waals surface area contributed by atoms with Gasteiger partial charge in [0.15, 0.2) is 6.61 Å². The molecule has 2 aromatic carbocycles. The van der Waals surface area contributed by atoms with Crippen molar-refractivity contribution in [3.05, 3.63) is 59.2 Å². The summed E-state index contributed by atoms with van der Waals surface area (Å²) in [7, 11) is 0. The van der Waals surface area contributed by atoms with Gasteiger partial charge in [-0.1, -0.05) is 32.9 Å².